The highest BCUT2D eigenvalue weighted by molar-refractivity contribution is 5.85. The van der Waals surface area contributed by atoms with Crippen molar-refractivity contribution >= 4 is 18.3 Å². The predicted octanol–water partition coefficient (Wildman–Crippen LogP) is 0.965. The summed E-state index contributed by atoms with van der Waals surface area (Å²) < 4.78 is 35.9. The van der Waals surface area contributed by atoms with E-state index >= 15 is 0 Å². The zero-order valence-corrected chi connectivity index (χ0v) is 10.6. The lowest BCUT2D eigenvalue weighted by Gasteiger charge is -2.26. The first-order valence-corrected chi connectivity index (χ1v) is 5.58. The van der Waals surface area contributed by atoms with E-state index in [4.69, 9.17) is 10.8 Å². The van der Waals surface area contributed by atoms with Crippen molar-refractivity contribution < 1.29 is 23.1 Å². The zero-order valence-electron chi connectivity index (χ0n) is 9.74. The Labute approximate surface area is 110 Å². The number of hydrogen-bond acceptors (Lipinski definition) is 3. The van der Waals surface area contributed by atoms with Gasteiger partial charge in [0.2, 0.25) is 5.91 Å². The van der Waals surface area contributed by atoms with Crippen LogP contribution in [-0.2, 0) is 4.79 Å². The van der Waals surface area contributed by atoms with E-state index in [9.17, 15) is 18.0 Å². The van der Waals surface area contributed by atoms with E-state index in [1.807, 2.05) is 0 Å². The number of nitrogens with two attached hydrogens (primary N) is 1. The minimum Gasteiger partial charge on any atom is -0.382 e. The zero-order chi connectivity index (χ0) is 13.1. The van der Waals surface area contributed by atoms with E-state index < -0.39 is 24.7 Å². The fourth-order valence-electron chi connectivity index (χ4n) is 1.92. The van der Waals surface area contributed by atoms with Gasteiger partial charge in [-0.2, -0.15) is 13.2 Å². The van der Waals surface area contributed by atoms with Crippen LogP contribution >= 0.6 is 12.4 Å². The van der Waals surface area contributed by atoms with Gasteiger partial charge in [0.15, 0.2) is 6.10 Å². The van der Waals surface area contributed by atoms with Gasteiger partial charge in [0.1, 0.15) is 0 Å². The standard InChI is InChI=1S/C10H17F3N2O2.ClH/c11-10(12,13)8(16)5-15-9(17)6-2-1-3-7(14)4-6;/h6-8,16H,1-5,14H2,(H,15,17);1H. The normalized spacial score (nSPS) is 26.1. The molecule has 0 spiro atoms. The summed E-state index contributed by atoms with van der Waals surface area (Å²) in [5.41, 5.74) is 5.68. The lowest BCUT2D eigenvalue weighted by atomic mass is 9.85. The SMILES string of the molecule is Cl.NC1CCCC(C(=O)NCC(O)C(F)(F)F)C1. The molecule has 18 heavy (non-hydrogen) atoms. The molecule has 8 heteroatoms. The minimum absolute atomic E-state index is 0. The molecule has 108 valence electrons. The van der Waals surface area contributed by atoms with E-state index in [2.05, 4.69) is 5.32 Å². The number of halogens is 4. The molecule has 1 amide bonds. The van der Waals surface area contributed by atoms with Crippen molar-refractivity contribution in [2.75, 3.05) is 6.54 Å². The van der Waals surface area contributed by atoms with Crippen LogP contribution in [0.3, 0.4) is 0 Å². The lowest BCUT2D eigenvalue weighted by molar-refractivity contribution is -0.202. The molecule has 1 aliphatic carbocycles. The summed E-state index contributed by atoms with van der Waals surface area (Å²) in [6, 6.07) is -0.0629. The summed E-state index contributed by atoms with van der Waals surface area (Å²) >= 11 is 0. The largest absolute Gasteiger partial charge is 0.416 e. The van der Waals surface area contributed by atoms with Gasteiger partial charge in [-0.15, -0.1) is 12.4 Å². The molecule has 1 aliphatic rings. The lowest BCUT2D eigenvalue weighted by Crippen LogP contribution is -2.44. The van der Waals surface area contributed by atoms with Crippen LogP contribution in [0.2, 0.25) is 0 Å². The molecule has 3 unspecified atom stereocenters. The molecule has 0 aliphatic heterocycles. The van der Waals surface area contributed by atoms with Crippen LogP contribution < -0.4 is 11.1 Å². The molecule has 4 N–H and O–H groups in total. The van der Waals surface area contributed by atoms with Crippen molar-refractivity contribution in [1.29, 1.82) is 0 Å². The number of nitrogens with one attached hydrogen (secondary N) is 1. The highest BCUT2D eigenvalue weighted by Crippen LogP contribution is 2.23. The monoisotopic (exact) mass is 290 g/mol. The van der Waals surface area contributed by atoms with E-state index in [0.717, 1.165) is 12.8 Å². The van der Waals surface area contributed by atoms with Crippen molar-refractivity contribution in [3.63, 3.8) is 0 Å². The molecular weight excluding hydrogens is 273 g/mol. The van der Waals surface area contributed by atoms with Crippen LogP contribution in [0.1, 0.15) is 25.7 Å². The van der Waals surface area contributed by atoms with E-state index in [1.165, 1.54) is 0 Å². The Balaban J connectivity index is 0.00000289. The summed E-state index contributed by atoms with van der Waals surface area (Å²) in [4.78, 5) is 11.5. The van der Waals surface area contributed by atoms with E-state index in [0.29, 0.717) is 12.8 Å². The second-order valence-electron chi connectivity index (χ2n) is 4.43. The number of aliphatic hydroxyl groups is 1. The van der Waals surface area contributed by atoms with Crippen molar-refractivity contribution in [3.8, 4) is 0 Å². The first-order chi connectivity index (χ1) is 7.80. The maximum absolute atomic E-state index is 12.0. The topological polar surface area (TPSA) is 75.4 Å². The van der Waals surface area contributed by atoms with Gasteiger partial charge in [-0.3, -0.25) is 4.79 Å². The Bertz CT molecular complexity index is 276. The van der Waals surface area contributed by atoms with Gasteiger partial charge < -0.3 is 16.2 Å². The molecular formula is C10H18ClF3N2O2. The Kier molecular flexibility index (Phi) is 6.94. The molecule has 0 heterocycles. The van der Waals surface area contributed by atoms with Crippen LogP contribution in [0.15, 0.2) is 0 Å². The van der Waals surface area contributed by atoms with Crippen LogP contribution in [0.25, 0.3) is 0 Å². The molecule has 3 atom stereocenters. The third-order valence-corrected chi connectivity index (χ3v) is 2.93. The Morgan fingerprint density at radius 1 is 1.44 bits per heavy atom. The minimum atomic E-state index is -4.70. The van der Waals surface area contributed by atoms with Gasteiger partial charge in [0, 0.05) is 12.0 Å². The van der Waals surface area contributed by atoms with Gasteiger partial charge >= 0.3 is 6.18 Å². The Hall–Kier alpha value is -0.530. The van der Waals surface area contributed by atoms with Crippen molar-refractivity contribution in [3.05, 3.63) is 0 Å². The summed E-state index contributed by atoms with van der Waals surface area (Å²) in [5, 5.41) is 10.8. The average molecular weight is 291 g/mol. The molecule has 0 bridgehead atoms. The first-order valence-electron chi connectivity index (χ1n) is 5.58. The second-order valence-corrected chi connectivity index (χ2v) is 4.43. The number of rotatable bonds is 3. The number of alkyl halides is 3. The quantitative estimate of drug-likeness (QED) is 0.725. The average Bonchev–Trinajstić information content (AvgIpc) is 2.24. The molecule has 1 rings (SSSR count). The number of carbonyl (C=O) groups excluding carboxylic acids is 1. The molecule has 1 saturated carbocycles. The summed E-state index contributed by atoms with van der Waals surface area (Å²) in [6.45, 7) is -0.798. The van der Waals surface area contributed by atoms with Crippen molar-refractivity contribution in [2.45, 2.75) is 44.0 Å². The Morgan fingerprint density at radius 3 is 2.56 bits per heavy atom. The molecule has 0 radical (unpaired) electrons. The van der Waals surface area contributed by atoms with Crippen molar-refractivity contribution in [2.24, 2.45) is 11.7 Å². The van der Waals surface area contributed by atoms with Gasteiger partial charge in [0.25, 0.3) is 0 Å². The molecule has 4 nitrogen and oxygen atoms in total. The van der Waals surface area contributed by atoms with Crippen LogP contribution in [0.4, 0.5) is 13.2 Å². The first kappa shape index (κ1) is 17.5. The molecule has 1 fully saturated rings. The van der Waals surface area contributed by atoms with Crippen LogP contribution in [-0.4, -0.2) is 35.9 Å². The summed E-state index contributed by atoms with van der Waals surface area (Å²) in [6.07, 6.45) is -4.43. The van der Waals surface area contributed by atoms with Gasteiger partial charge in [0.05, 0.1) is 6.54 Å². The van der Waals surface area contributed by atoms with Gasteiger partial charge in [-0.25, -0.2) is 0 Å². The highest BCUT2D eigenvalue weighted by atomic mass is 35.5. The summed E-state index contributed by atoms with van der Waals surface area (Å²) in [5.74, 6) is -0.789. The van der Waals surface area contributed by atoms with Gasteiger partial charge in [-0.05, 0) is 19.3 Å². The fraction of sp³-hybridized carbons (Fsp3) is 0.900. The third-order valence-electron chi connectivity index (χ3n) is 2.93. The Morgan fingerprint density at radius 2 is 2.06 bits per heavy atom. The molecule has 0 saturated heterocycles. The number of amides is 1. The number of hydrogen-bond donors (Lipinski definition) is 3. The van der Waals surface area contributed by atoms with Crippen LogP contribution in [0.5, 0.6) is 0 Å². The predicted molar refractivity (Wildman–Crippen MR) is 62.3 cm³/mol. The molecule has 0 aromatic heterocycles. The van der Waals surface area contributed by atoms with Crippen molar-refractivity contribution in [1.82, 2.24) is 5.32 Å². The maximum Gasteiger partial charge on any atom is 0.416 e. The highest BCUT2D eigenvalue weighted by Gasteiger charge is 2.38. The second kappa shape index (κ2) is 7.16. The van der Waals surface area contributed by atoms with E-state index in [1.54, 1.807) is 0 Å². The third kappa shape index (κ3) is 5.41. The van der Waals surface area contributed by atoms with Crippen LogP contribution in [0, 0.1) is 5.92 Å². The van der Waals surface area contributed by atoms with E-state index in [-0.39, 0.29) is 24.4 Å². The maximum atomic E-state index is 12.0. The number of aliphatic hydroxyl groups excluding tert-OH is 1. The fourth-order valence-corrected chi connectivity index (χ4v) is 1.92. The molecule has 0 aromatic rings. The molecule has 0 aromatic carbocycles. The smallest absolute Gasteiger partial charge is 0.382 e. The summed E-state index contributed by atoms with van der Waals surface area (Å²) in [7, 11) is 0. The van der Waals surface area contributed by atoms with Gasteiger partial charge in [-0.1, -0.05) is 6.42 Å². The number of carbonyl (C=O) groups is 1.